The number of aromatic nitrogens is 3. The Bertz CT molecular complexity index is 3580. The molecule has 0 radical (unpaired) electrons. The fourth-order valence-corrected chi connectivity index (χ4v) is 9.70. The van der Waals surface area contributed by atoms with E-state index in [1.54, 1.807) is 0 Å². The van der Waals surface area contributed by atoms with Crippen molar-refractivity contribution in [3.8, 4) is 0 Å². The highest BCUT2D eigenvalue weighted by Gasteiger charge is 2.28. The van der Waals surface area contributed by atoms with Crippen LogP contribution in [0.5, 0.6) is 0 Å². The Labute approximate surface area is 302 Å². The zero-order valence-electron chi connectivity index (χ0n) is 28.5. The zero-order chi connectivity index (χ0) is 34.4. The molecule has 5 aromatic heterocycles. The summed E-state index contributed by atoms with van der Waals surface area (Å²) in [6.45, 7) is 0. The maximum atomic E-state index is 5.48. The van der Waals surface area contributed by atoms with Gasteiger partial charge in [-0.05, 0) is 52.6 Å². The van der Waals surface area contributed by atoms with Crippen LogP contribution in [0.25, 0.3) is 97.9 Å². The van der Waals surface area contributed by atoms with Gasteiger partial charge in [-0.1, -0.05) is 127 Å². The minimum Gasteiger partial charge on any atom is -0.308 e. The lowest BCUT2D eigenvalue weighted by Gasteiger charge is -2.26. The van der Waals surface area contributed by atoms with Crippen LogP contribution in [0.3, 0.4) is 0 Å². The monoisotopic (exact) mass is 672 g/mol. The molecule has 4 heteroatoms. The molecular weight excluding hydrogens is 645 g/mol. The Morgan fingerprint density at radius 1 is 0.377 bits per heavy atom. The fraction of sp³-hybridized carbons (Fsp3) is 0. The number of pyridine rings is 1. The molecule has 53 heavy (non-hydrogen) atoms. The van der Waals surface area contributed by atoms with E-state index in [1.165, 1.54) is 81.2 Å². The van der Waals surface area contributed by atoms with Gasteiger partial charge in [0.15, 0.2) is 0 Å². The molecule has 0 aliphatic heterocycles. The van der Waals surface area contributed by atoms with Crippen molar-refractivity contribution < 1.29 is 0 Å². The van der Waals surface area contributed by atoms with Crippen LogP contribution < -0.4 is 4.90 Å². The van der Waals surface area contributed by atoms with Crippen LogP contribution in [0.1, 0.15) is 0 Å². The third-order valence-electron chi connectivity index (χ3n) is 11.7. The van der Waals surface area contributed by atoms with Crippen LogP contribution in [-0.2, 0) is 0 Å². The second-order valence-corrected chi connectivity index (χ2v) is 14.3. The van der Waals surface area contributed by atoms with Crippen molar-refractivity contribution in [3.63, 3.8) is 0 Å². The molecular formula is C49H28N4. The average molecular weight is 673 g/mol. The van der Waals surface area contributed by atoms with Gasteiger partial charge in [0, 0.05) is 59.9 Å². The minimum absolute atomic E-state index is 0.986. The van der Waals surface area contributed by atoms with Crippen molar-refractivity contribution in [3.05, 3.63) is 170 Å². The summed E-state index contributed by atoms with van der Waals surface area (Å²) < 4.78 is 4.97. The Morgan fingerprint density at radius 2 is 0.981 bits per heavy atom. The maximum Gasteiger partial charge on any atom is 0.146 e. The summed E-state index contributed by atoms with van der Waals surface area (Å²) in [4.78, 5) is 7.86. The summed E-state index contributed by atoms with van der Waals surface area (Å²) in [6.07, 6.45) is 2.14. The molecule has 0 saturated carbocycles. The molecule has 0 saturated heterocycles. The molecule has 0 bridgehead atoms. The zero-order valence-corrected chi connectivity index (χ0v) is 28.5. The van der Waals surface area contributed by atoms with E-state index >= 15 is 0 Å². The van der Waals surface area contributed by atoms with E-state index in [0.717, 1.165) is 33.7 Å². The first-order chi connectivity index (χ1) is 26.3. The Kier molecular flexibility index (Phi) is 5.08. The molecule has 0 aliphatic rings. The molecule has 13 aromatic rings. The lowest BCUT2D eigenvalue weighted by molar-refractivity contribution is 1.24. The van der Waals surface area contributed by atoms with Gasteiger partial charge in [-0.3, -0.25) is 4.40 Å². The van der Waals surface area contributed by atoms with Crippen LogP contribution in [0, 0.1) is 0 Å². The number of hydrogen-bond acceptors (Lipinski definition) is 2. The van der Waals surface area contributed by atoms with Crippen LogP contribution in [0.15, 0.2) is 170 Å². The highest BCUT2D eigenvalue weighted by molar-refractivity contribution is 6.40. The van der Waals surface area contributed by atoms with Crippen molar-refractivity contribution in [1.29, 1.82) is 0 Å². The molecule has 8 aromatic carbocycles. The van der Waals surface area contributed by atoms with Crippen LogP contribution >= 0.6 is 0 Å². The van der Waals surface area contributed by atoms with Gasteiger partial charge in [0.05, 0.1) is 39.5 Å². The van der Waals surface area contributed by atoms with Crippen LogP contribution in [-0.4, -0.2) is 13.8 Å². The lowest BCUT2D eigenvalue weighted by atomic mass is 9.98. The van der Waals surface area contributed by atoms with Gasteiger partial charge in [0.2, 0.25) is 0 Å². The predicted molar refractivity (Wildman–Crippen MR) is 223 cm³/mol. The summed E-state index contributed by atoms with van der Waals surface area (Å²) in [5.74, 6) is 0. The summed E-state index contributed by atoms with van der Waals surface area (Å²) in [7, 11) is 0. The standard InChI is InChI=1S/C49H28N4/c1-3-15-31(16-4-1)51(32-17-5-2-6-18-32)40-24-12-22-36-35-21-11-23-38-43-44-41(28-50-49(43)53(46(35)38)47(36)40)52-45-34-20-10-7-13-29(34)25-26-37(45)39-27-30-14-8-9-19-33(30)42(44)48(39)52/h1-28H. The van der Waals surface area contributed by atoms with Gasteiger partial charge >= 0.3 is 0 Å². The topological polar surface area (TPSA) is 24.9 Å². The van der Waals surface area contributed by atoms with E-state index in [9.17, 15) is 0 Å². The Morgan fingerprint density at radius 3 is 1.77 bits per heavy atom. The summed E-state index contributed by atoms with van der Waals surface area (Å²) in [5.41, 5.74) is 10.4. The first-order valence-electron chi connectivity index (χ1n) is 18.2. The second kappa shape index (κ2) is 9.78. The average Bonchev–Trinajstić information content (AvgIpc) is 3.95. The predicted octanol–water partition coefficient (Wildman–Crippen LogP) is 13.2. The van der Waals surface area contributed by atoms with Crippen LogP contribution in [0.4, 0.5) is 17.1 Å². The number of rotatable bonds is 3. The first-order valence-corrected chi connectivity index (χ1v) is 18.2. The highest BCUT2D eigenvalue weighted by atomic mass is 15.2. The molecule has 0 atom stereocenters. The van der Waals surface area contributed by atoms with E-state index in [2.05, 4.69) is 184 Å². The number of fused-ring (bicyclic) bond motifs is 17. The van der Waals surface area contributed by atoms with E-state index in [0.29, 0.717) is 0 Å². The van der Waals surface area contributed by atoms with E-state index in [4.69, 9.17) is 4.98 Å². The van der Waals surface area contributed by atoms with Crippen molar-refractivity contribution in [2.45, 2.75) is 0 Å². The molecule has 0 spiro atoms. The van der Waals surface area contributed by atoms with Gasteiger partial charge in [-0.15, -0.1) is 0 Å². The molecule has 13 rings (SSSR count). The van der Waals surface area contributed by atoms with Crippen LogP contribution in [0.2, 0.25) is 0 Å². The van der Waals surface area contributed by atoms with Gasteiger partial charge in [0.1, 0.15) is 5.65 Å². The summed E-state index contributed by atoms with van der Waals surface area (Å²) >= 11 is 0. The van der Waals surface area contributed by atoms with Crippen molar-refractivity contribution in [2.24, 2.45) is 0 Å². The molecule has 0 aliphatic carbocycles. The van der Waals surface area contributed by atoms with Crippen molar-refractivity contribution in [1.82, 2.24) is 13.8 Å². The summed E-state index contributed by atoms with van der Waals surface area (Å²) in [5, 5.41) is 15.1. The number of anilines is 3. The Balaban J connectivity index is 1.27. The second-order valence-electron chi connectivity index (χ2n) is 14.3. The lowest BCUT2D eigenvalue weighted by Crippen LogP contribution is -2.10. The van der Waals surface area contributed by atoms with Gasteiger partial charge in [0.25, 0.3) is 0 Å². The smallest absolute Gasteiger partial charge is 0.146 e. The minimum atomic E-state index is 0.986. The number of para-hydroxylation sites is 4. The first kappa shape index (κ1) is 27.5. The van der Waals surface area contributed by atoms with E-state index < -0.39 is 0 Å². The van der Waals surface area contributed by atoms with E-state index in [1.807, 2.05) is 0 Å². The molecule has 5 heterocycles. The normalized spacial score (nSPS) is 12.5. The van der Waals surface area contributed by atoms with Gasteiger partial charge < -0.3 is 9.30 Å². The fourth-order valence-electron chi connectivity index (χ4n) is 9.70. The Hall–Kier alpha value is -7.17. The van der Waals surface area contributed by atoms with E-state index in [-0.39, 0.29) is 0 Å². The number of nitrogens with zero attached hydrogens (tertiary/aromatic N) is 4. The maximum absolute atomic E-state index is 5.48. The summed E-state index contributed by atoms with van der Waals surface area (Å²) in [6, 6.07) is 59.6. The number of hydrogen-bond donors (Lipinski definition) is 0. The van der Waals surface area contributed by atoms with Crippen molar-refractivity contribution >= 4 is 115 Å². The highest BCUT2D eigenvalue weighted by Crippen LogP contribution is 2.50. The molecule has 4 nitrogen and oxygen atoms in total. The molecule has 0 amide bonds. The SMILES string of the molecule is c1ccc(N(c2ccccc2)c2cccc3c4cccc5c6c7c8c9ccccc9cc9c%10ccc%11ccccc%11c%10n(c7cnc6n(c23)c45)c98)cc1. The third-order valence-corrected chi connectivity index (χ3v) is 11.7. The molecule has 0 N–H and O–H groups in total. The largest absolute Gasteiger partial charge is 0.308 e. The molecule has 244 valence electrons. The van der Waals surface area contributed by atoms with Gasteiger partial charge in [-0.25, -0.2) is 4.98 Å². The van der Waals surface area contributed by atoms with Gasteiger partial charge in [-0.2, -0.15) is 0 Å². The van der Waals surface area contributed by atoms with Crippen molar-refractivity contribution in [2.75, 3.05) is 4.90 Å². The quantitative estimate of drug-likeness (QED) is 0.187. The third kappa shape index (κ3) is 3.34. The molecule has 0 unspecified atom stereocenters. The molecule has 0 fully saturated rings. The number of benzene rings is 8.